The molecule has 5 rings (SSSR count). The summed E-state index contributed by atoms with van der Waals surface area (Å²) in [6.45, 7) is -0.180. The summed E-state index contributed by atoms with van der Waals surface area (Å²) in [5.41, 5.74) is -0.712. The molecule has 0 spiro atoms. The molecule has 0 radical (unpaired) electrons. The second kappa shape index (κ2) is 14.8. The maximum Gasteiger partial charge on any atom is 0.326 e. The maximum absolute atomic E-state index is 14.2. The van der Waals surface area contributed by atoms with Gasteiger partial charge < -0.3 is 20.5 Å². The number of pyridine rings is 1. The second-order valence-electron chi connectivity index (χ2n) is 11.8. The SMILES string of the molecule is COC(=O)C12CCCCC1CN(S(=O)(=O)c1cc(Cl)cc(Cl)c1)C2C(=O)N[C@@H](Cc1ccc(NC(=O)c2c(Cl)cncc2Cl)cc1)C(=O)O. The Bertz CT molecular complexity index is 1870. The van der Waals surface area contributed by atoms with Gasteiger partial charge in [-0.1, -0.05) is 71.4 Å². The Balaban J connectivity index is 1.42. The van der Waals surface area contributed by atoms with Crippen LogP contribution in [0.4, 0.5) is 5.69 Å². The lowest BCUT2D eigenvalue weighted by atomic mass is 9.64. The zero-order valence-electron chi connectivity index (χ0n) is 25.8. The topological polar surface area (TPSA) is 172 Å². The number of carboxylic acids is 1. The average Bonchev–Trinajstić information content (AvgIpc) is 3.42. The Morgan fingerprint density at radius 2 is 1.65 bits per heavy atom. The lowest BCUT2D eigenvalue weighted by Crippen LogP contribution is -2.59. The molecule has 0 bridgehead atoms. The third-order valence-electron chi connectivity index (χ3n) is 8.90. The molecule has 2 aliphatic rings. The minimum atomic E-state index is -4.48. The third kappa shape index (κ3) is 7.38. The number of fused-ring (bicyclic) bond motifs is 1. The number of carbonyl (C=O) groups is 4. The first-order chi connectivity index (χ1) is 23.2. The van der Waals surface area contributed by atoms with E-state index in [1.165, 1.54) is 42.7 Å². The zero-order chi connectivity index (χ0) is 35.7. The number of carbonyl (C=O) groups excluding carboxylic acids is 3. The first-order valence-corrected chi connectivity index (χ1v) is 17.9. The number of esters is 1. The Labute approximate surface area is 302 Å². The summed E-state index contributed by atoms with van der Waals surface area (Å²) < 4.78 is 34.3. The van der Waals surface area contributed by atoms with E-state index in [0.29, 0.717) is 30.5 Å². The molecule has 2 heterocycles. The van der Waals surface area contributed by atoms with Gasteiger partial charge in [0.05, 0.1) is 33.0 Å². The van der Waals surface area contributed by atoms with Gasteiger partial charge in [0.1, 0.15) is 12.1 Å². The largest absolute Gasteiger partial charge is 0.480 e. The molecule has 3 N–H and O–H groups in total. The highest BCUT2D eigenvalue weighted by Gasteiger charge is 2.65. The number of methoxy groups -OCH3 is 1. The smallest absolute Gasteiger partial charge is 0.326 e. The fourth-order valence-corrected chi connectivity index (χ4v) is 9.63. The molecule has 12 nitrogen and oxygen atoms in total. The van der Waals surface area contributed by atoms with Crippen molar-refractivity contribution in [3.05, 3.63) is 86.1 Å². The third-order valence-corrected chi connectivity index (χ3v) is 11.7. The Morgan fingerprint density at radius 1 is 1.02 bits per heavy atom. The van der Waals surface area contributed by atoms with Crippen LogP contribution < -0.4 is 10.6 Å². The second-order valence-corrected chi connectivity index (χ2v) is 15.4. The number of hydrogen-bond donors (Lipinski definition) is 3. The normalized spacial score (nSPS) is 21.3. The van der Waals surface area contributed by atoms with Crippen LogP contribution >= 0.6 is 46.4 Å². The van der Waals surface area contributed by atoms with Crippen molar-refractivity contribution in [2.24, 2.45) is 11.3 Å². The molecule has 1 aromatic heterocycles. The van der Waals surface area contributed by atoms with E-state index < -0.39 is 57.2 Å². The van der Waals surface area contributed by atoms with E-state index in [1.807, 2.05) is 0 Å². The summed E-state index contributed by atoms with van der Waals surface area (Å²) >= 11 is 24.4. The molecule has 4 atom stereocenters. The lowest BCUT2D eigenvalue weighted by Gasteiger charge is -2.40. The molecule has 3 unspecified atom stereocenters. The molecule has 3 aromatic rings. The summed E-state index contributed by atoms with van der Waals surface area (Å²) in [5.74, 6) is -4.27. The molecular weight excluding hydrogens is 742 g/mol. The molecule has 2 fully saturated rings. The average molecular weight is 772 g/mol. The summed E-state index contributed by atoms with van der Waals surface area (Å²) in [6.07, 6.45) is 4.18. The number of aromatic nitrogens is 1. The Hall–Kier alpha value is -3.46. The number of sulfonamides is 1. The Morgan fingerprint density at radius 3 is 2.24 bits per heavy atom. The van der Waals surface area contributed by atoms with Crippen molar-refractivity contribution in [1.82, 2.24) is 14.6 Å². The predicted molar refractivity (Wildman–Crippen MR) is 182 cm³/mol. The quantitative estimate of drug-likeness (QED) is 0.226. The highest BCUT2D eigenvalue weighted by atomic mass is 35.5. The number of aliphatic carboxylic acids is 1. The standard InChI is InChI=1S/C32H30Cl4N4O8S/c1-48-31(45)32-9-3-2-4-18(32)16-40(49(46,47)22-12-19(33)11-20(34)13-22)27(32)29(42)39-25(30(43)44)10-17-5-7-21(8-6-17)38-28(41)26-23(35)14-37-15-24(26)36/h5-8,11-15,18,25,27H,2-4,9-10,16H2,1H3,(H,38,41)(H,39,42)(H,43,44)/t18?,25-,27?,32?/m0/s1. The number of ether oxygens (including phenoxy) is 1. The van der Waals surface area contributed by atoms with Crippen molar-refractivity contribution in [2.75, 3.05) is 19.0 Å². The zero-order valence-corrected chi connectivity index (χ0v) is 29.6. The number of halogens is 4. The number of hydrogen-bond acceptors (Lipinski definition) is 8. The van der Waals surface area contributed by atoms with Gasteiger partial charge >= 0.3 is 11.9 Å². The van der Waals surface area contributed by atoms with Gasteiger partial charge in [-0.15, -0.1) is 0 Å². The van der Waals surface area contributed by atoms with Gasteiger partial charge in [0.15, 0.2) is 0 Å². The fraction of sp³-hybridized carbons (Fsp3) is 0.344. The minimum absolute atomic E-state index is 0.0300. The van der Waals surface area contributed by atoms with Gasteiger partial charge in [-0.25, -0.2) is 13.2 Å². The van der Waals surface area contributed by atoms with Crippen LogP contribution in [-0.2, 0) is 35.6 Å². The van der Waals surface area contributed by atoms with Crippen LogP contribution in [0.25, 0.3) is 0 Å². The van der Waals surface area contributed by atoms with Crippen LogP contribution in [0.2, 0.25) is 20.1 Å². The van der Waals surface area contributed by atoms with Crippen LogP contribution in [0, 0.1) is 11.3 Å². The van der Waals surface area contributed by atoms with E-state index in [4.69, 9.17) is 51.1 Å². The summed E-state index contributed by atoms with van der Waals surface area (Å²) in [5, 5.41) is 15.5. The first-order valence-electron chi connectivity index (χ1n) is 15.0. The van der Waals surface area contributed by atoms with Gasteiger partial charge in [0.2, 0.25) is 15.9 Å². The van der Waals surface area contributed by atoms with E-state index in [9.17, 15) is 32.7 Å². The van der Waals surface area contributed by atoms with Crippen LogP contribution in [-0.4, -0.2) is 72.3 Å². The number of nitrogens with one attached hydrogen (secondary N) is 2. The minimum Gasteiger partial charge on any atom is -0.480 e. The number of amides is 2. The number of anilines is 1. The van der Waals surface area contributed by atoms with E-state index in [1.54, 1.807) is 12.1 Å². The van der Waals surface area contributed by atoms with Crippen LogP contribution in [0.1, 0.15) is 41.6 Å². The number of carboxylic acid groups (broad SMARTS) is 1. The highest BCUT2D eigenvalue weighted by molar-refractivity contribution is 7.89. The van der Waals surface area contributed by atoms with Gasteiger partial charge in [0, 0.05) is 41.1 Å². The van der Waals surface area contributed by atoms with Gasteiger partial charge in [0.25, 0.3) is 5.91 Å². The van der Waals surface area contributed by atoms with Crippen molar-refractivity contribution in [1.29, 1.82) is 0 Å². The summed E-state index contributed by atoms with van der Waals surface area (Å²) in [4.78, 5) is 56.5. The first kappa shape index (κ1) is 36.8. The van der Waals surface area contributed by atoms with Gasteiger partial charge in [-0.2, -0.15) is 4.31 Å². The molecule has 2 aromatic carbocycles. The molecule has 1 saturated carbocycles. The van der Waals surface area contributed by atoms with Crippen molar-refractivity contribution >= 4 is 85.9 Å². The van der Waals surface area contributed by atoms with Gasteiger partial charge in [-0.05, 0) is 54.7 Å². The number of nitrogens with zero attached hydrogens (tertiary/aromatic N) is 2. The monoisotopic (exact) mass is 770 g/mol. The summed E-state index contributed by atoms with van der Waals surface area (Å²) in [6, 6.07) is 6.74. The predicted octanol–water partition coefficient (Wildman–Crippen LogP) is 5.48. The lowest BCUT2D eigenvalue weighted by molar-refractivity contribution is -0.161. The van der Waals surface area contributed by atoms with Crippen molar-refractivity contribution in [3.63, 3.8) is 0 Å². The van der Waals surface area contributed by atoms with Crippen molar-refractivity contribution in [3.8, 4) is 0 Å². The molecule has 49 heavy (non-hydrogen) atoms. The number of rotatable bonds is 10. The molecule has 1 aliphatic heterocycles. The summed E-state index contributed by atoms with van der Waals surface area (Å²) in [7, 11) is -3.31. The molecule has 2 amide bonds. The maximum atomic E-state index is 14.2. The number of benzene rings is 2. The van der Waals surface area contributed by atoms with Crippen LogP contribution in [0.15, 0.2) is 59.8 Å². The fourth-order valence-electron chi connectivity index (χ4n) is 6.68. The van der Waals surface area contributed by atoms with Crippen molar-refractivity contribution in [2.45, 2.75) is 49.1 Å². The van der Waals surface area contributed by atoms with E-state index in [-0.39, 0.29) is 49.9 Å². The van der Waals surface area contributed by atoms with E-state index in [2.05, 4.69) is 15.6 Å². The highest BCUT2D eigenvalue weighted by Crippen LogP contribution is 2.53. The van der Waals surface area contributed by atoms with E-state index in [0.717, 1.165) is 11.4 Å². The van der Waals surface area contributed by atoms with Crippen LogP contribution in [0.3, 0.4) is 0 Å². The molecule has 1 saturated heterocycles. The van der Waals surface area contributed by atoms with Crippen LogP contribution in [0.5, 0.6) is 0 Å². The Kier molecular flexibility index (Phi) is 11.1. The van der Waals surface area contributed by atoms with Gasteiger partial charge in [-0.3, -0.25) is 19.4 Å². The molecule has 1 aliphatic carbocycles. The van der Waals surface area contributed by atoms with E-state index >= 15 is 0 Å². The molecule has 260 valence electrons. The van der Waals surface area contributed by atoms with Crippen molar-refractivity contribution < 1.29 is 37.4 Å². The molecular formula is C32H30Cl4N4O8S. The molecule has 17 heteroatoms.